The summed E-state index contributed by atoms with van der Waals surface area (Å²) in [6.45, 7) is 7.40. The predicted molar refractivity (Wildman–Crippen MR) is 152 cm³/mol. The van der Waals surface area contributed by atoms with Gasteiger partial charge in [-0.05, 0) is 109 Å². The Morgan fingerprint density at radius 1 is 1.00 bits per heavy atom. The average molecular weight is 536 g/mol. The monoisotopic (exact) mass is 535 g/mol. The van der Waals surface area contributed by atoms with Crippen molar-refractivity contribution in [2.24, 2.45) is 0 Å². The van der Waals surface area contributed by atoms with E-state index >= 15 is 4.39 Å². The molecule has 0 spiro atoms. The van der Waals surface area contributed by atoms with Crippen molar-refractivity contribution in [2.45, 2.75) is 46.5 Å². The number of ether oxygens (including phenoxy) is 4. The lowest BCUT2D eigenvalue weighted by atomic mass is 9.85. The second-order valence-corrected chi connectivity index (χ2v) is 9.82. The molecule has 0 saturated carbocycles. The van der Waals surface area contributed by atoms with Crippen LogP contribution in [0.2, 0.25) is 0 Å². The topological polar surface area (TPSA) is 57.2 Å². The van der Waals surface area contributed by atoms with E-state index in [2.05, 4.69) is 26.8 Å². The second-order valence-electron chi connectivity index (χ2n) is 9.82. The summed E-state index contributed by atoms with van der Waals surface area (Å²) < 4.78 is 36.7. The van der Waals surface area contributed by atoms with Gasteiger partial charge in [-0.1, -0.05) is 6.92 Å². The maximum atomic E-state index is 15.0. The van der Waals surface area contributed by atoms with Crippen LogP contribution in [0.1, 0.15) is 51.5 Å². The van der Waals surface area contributed by atoms with Crippen LogP contribution in [0.3, 0.4) is 0 Å². The number of benzene rings is 3. The van der Waals surface area contributed by atoms with Crippen LogP contribution >= 0.6 is 0 Å². The molecule has 3 aromatic rings. The molecule has 0 unspecified atom stereocenters. The Morgan fingerprint density at radius 2 is 1.74 bits per heavy atom. The SMILES string of the molecule is CCc1c(C)cc2c(c1-c1cc(F)cc(CCCOC)c1C)CCN2C(=O)c1ccc(OC)c(OC)c1OC. The normalized spacial score (nSPS) is 12.5. The molecule has 1 aliphatic heterocycles. The molecule has 6 nitrogen and oxygen atoms in total. The van der Waals surface area contributed by atoms with Gasteiger partial charge in [0.15, 0.2) is 11.5 Å². The van der Waals surface area contributed by atoms with E-state index in [-0.39, 0.29) is 11.7 Å². The van der Waals surface area contributed by atoms with E-state index in [0.717, 1.165) is 58.3 Å². The minimum Gasteiger partial charge on any atom is -0.493 e. The lowest BCUT2D eigenvalue weighted by Crippen LogP contribution is -2.29. The number of rotatable bonds is 10. The highest BCUT2D eigenvalue weighted by atomic mass is 19.1. The molecule has 0 atom stereocenters. The number of anilines is 1. The maximum Gasteiger partial charge on any atom is 0.262 e. The van der Waals surface area contributed by atoms with Crippen LogP contribution in [0.4, 0.5) is 10.1 Å². The van der Waals surface area contributed by atoms with Gasteiger partial charge in [-0.25, -0.2) is 4.39 Å². The third-order valence-corrected chi connectivity index (χ3v) is 7.70. The van der Waals surface area contributed by atoms with E-state index in [4.69, 9.17) is 18.9 Å². The Balaban J connectivity index is 1.86. The summed E-state index contributed by atoms with van der Waals surface area (Å²) >= 11 is 0. The molecule has 1 heterocycles. The Bertz CT molecular complexity index is 1380. The third kappa shape index (κ3) is 5.20. The number of hydrogen-bond donors (Lipinski definition) is 0. The van der Waals surface area contributed by atoms with Crippen molar-refractivity contribution in [1.29, 1.82) is 0 Å². The van der Waals surface area contributed by atoms with E-state index < -0.39 is 0 Å². The molecule has 4 rings (SSSR count). The summed E-state index contributed by atoms with van der Waals surface area (Å²) in [6, 6.07) is 8.78. The van der Waals surface area contributed by atoms with Gasteiger partial charge in [0.05, 0.1) is 26.9 Å². The molecule has 3 aromatic carbocycles. The van der Waals surface area contributed by atoms with Crippen molar-refractivity contribution in [1.82, 2.24) is 0 Å². The van der Waals surface area contributed by atoms with E-state index in [1.54, 1.807) is 43.4 Å². The number of hydrogen-bond acceptors (Lipinski definition) is 5. The predicted octanol–water partition coefficient (Wildman–Crippen LogP) is 6.48. The zero-order chi connectivity index (χ0) is 28.3. The molecular formula is C32H38FNO5. The quantitative estimate of drug-likeness (QED) is 0.278. The molecule has 208 valence electrons. The standard InChI is InChI=1S/C32H38FNO5/c1-8-23-19(2)16-27-24(29(23)26-18-22(33)17-21(20(26)3)10-9-15-36-4)13-14-34(27)32(35)25-11-12-28(37-5)31(39-7)30(25)38-6/h11-12,16-18H,8-10,13-15H2,1-7H3. The first kappa shape index (κ1) is 28.4. The summed E-state index contributed by atoms with van der Waals surface area (Å²) in [5.74, 6) is 0.763. The molecule has 0 aromatic heterocycles. The number of carbonyl (C=O) groups excluding carboxylic acids is 1. The van der Waals surface area contributed by atoms with Crippen LogP contribution in [-0.2, 0) is 24.0 Å². The van der Waals surface area contributed by atoms with Crippen LogP contribution in [0.25, 0.3) is 11.1 Å². The van der Waals surface area contributed by atoms with Crippen molar-refractivity contribution in [3.63, 3.8) is 0 Å². The van der Waals surface area contributed by atoms with E-state index in [1.165, 1.54) is 19.8 Å². The average Bonchev–Trinajstić information content (AvgIpc) is 3.35. The van der Waals surface area contributed by atoms with Gasteiger partial charge in [0, 0.05) is 25.9 Å². The van der Waals surface area contributed by atoms with E-state index in [1.807, 2.05) is 0 Å². The molecular weight excluding hydrogens is 497 g/mol. The maximum absolute atomic E-state index is 15.0. The summed E-state index contributed by atoms with van der Waals surface area (Å²) in [7, 11) is 6.26. The van der Waals surface area contributed by atoms with E-state index in [0.29, 0.717) is 42.4 Å². The number of carbonyl (C=O) groups is 1. The summed E-state index contributed by atoms with van der Waals surface area (Å²) in [5, 5.41) is 0. The molecule has 0 saturated heterocycles. The van der Waals surface area contributed by atoms with Gasteiger partial charge in [0.1, 0.15) is 5.82 Å². The minimum absolute atomic E-state index is 0.183. The molecule has 0 bridgehead atoms. The van der Waals surface area contributed by atoms with Gasteiger partial charge in [0.25, 0.3) is 5.91 Å². The molecule has 0 aliphatic carbocycles. The summed E-state index contributed by atoms with van der Waals surface area (Å²) in [4.78, 5) is 15.8. The molecule has 1 aliphatic rings. The van der Waals surface area contributed by atoms with Gasteiger partial charge in [0.2, 0.25) is 5.75 Å². The lowest BCUT2D eigenvalue weighted by Gasteiger charge is -2.24. The number of amides is 1. The Kier molecular flexibility index (Phi) is 8.80. The molecule has 1 amide bonds. The summed E-state index contributed by atoms with van der Waals surface area (Å²) in [5.41, 5.74) is 8.58. The number of methoxy groups -OCH3 is 4. The van der Waals surface area contributed by atoms with Crippen LogP contribution < -0.4 is 19.1 Å². The molecule has 7 heteroatoms. The minimum atomic E-state index is -0.249. The number of fused-ring (bicyclic) bond motifs is 1. The molecule has 0 fully saturated rings. The first-order valence-corrected chi connectivity index (χ1v) is 13.4. The van der Waals surface area contributed by atoms with E-state index in [9.17, 15) is 4.79 Å². The second kappa shape index (κ2) is 12.1. The van der Waals surface area contributed by atoms with Crippen LogP contribution in [0, 0.1) is 19.7 Å². The van der Waals surface area contributed by atoms with Crippen molar-refractivity contribution in [2.75, 3.05) is 46.5 Å². The van der Waals surface area contributed by atoms with Gasteiger partial charge < -0.3 is 23.8 Å². The van der Waals surface area contributed by atoms with Crippen LogP contribution in [0.5, 0.6) is 17.2 Å². The fraction of sp³-hybridized carbons (Fsp3) is 0.406. The highest BCUT2D eigenvalue weighted by Gasteiger charge is 2.33. The Labute approximate surface area is 230 Å². The van der Waals surface area contributed by atoms with Gasteiger partial charge in [-0.2, -0.15) is 0 Å². The van der Waals surface area contributed by atoms with Gasteiger partial charge in [-0.15, -0.1) is 0 Å². The zero-order valence-electron chi connectivity index (χ0n) is 24.0. The zero-order valence-corrected chi connectivity index (χ0v) is 24.0. The highest BCUT2D eigenvalue weighted by molar-refractivity contribution is 6.10. The number of nitrogens with zero attached hydrogens (tertiary/aromatic N) is 1. The first-order chi connectivity index (χ1) is 18.8. The third-order valence-electron chi connectivity index (χ3n) is 7.70. The first-order valence-electron chi connectivity index (χ1n) is 13.4. The van der Waals surface area contributed by atoms with Gasteiger partial charge in [-0.3, -0.25) is 4.79 Å². The van der Waals surface area contributed by atoms with Crippen LogP contribution in [-0.4, -0.2) is 47.5 Å². The van der Waals surface area contributed by atoms with Crippen molar-refractivity contribution < 1.29 is 28.1 Å². The van der Waals surface area contributed by atoms with Crippen molar-refractivity contribution in [3.05, 3.63) is 69.5 Å². The van der Waals surface area contributed by atoms with Gasteiger partial charge >= 0.3 is 0 Å². The molecule has 0 N–H and O–H groups in total. The lowest BCUT2D eigenvalue weighted by molar-refractivity contribution is 0.0985. The number of halogens is 1. The largest absolute Gasteiger partial charge is 0.493 e. The molecule has 0 radical (unpaired) electrons. The summed E-state index contributed by atoms with van der Waals surface area (Å²) in [6.07, 6.45) is 3.04. The Hall–Kier alpha value is -3.58. The fourth-order valence-corrected chi connectivity index (χ4v) is 5.79. The fourth-order valence-electron chi connectivity index (χ4n) is 5.79. The molecule has 39 heavy (non-hydrogen) atoms. The smallest absolute Gasteiger partial charge is 0.262 e. The van der Waals surface area contributed by atoms with Crippen molar-refractivity contribution in [3.8, 4) is 28.4 Å². The number of aryl methyl sites for hydroxylation is 2. The van der Waals surface area contributed by atoms with Crippen LogP contribution in [0.15, 0.2) is 30.3 Å². The highest BCUT2D eigenvalue weighted by Crippen LogP contribution is 2.45. The Morgan fingerprint density at radius 3 is 2.38 bits per heavy atom. The van der Waals surface area contributed by atoms with Crippen molar-refractivity contribution >= 4 is 11.6 Å².